The molecule has 1 N–H and O–H groups in total. The second-order valence-electron chi connectivity index (χ2n) is 8.34. The van der Waals surface area contributed by atoms with Crippen LogP contribution >= 0.6 is 0 Å². The van der Waals surface area contributed by atoms with Gasteiger partial charge >= 0.3 is 0 Å². The van der Waals surface area contributed by atoms with Gasteiger partial charge in [-0.1, -0.05) is 33.6 Å². The summed E-state index contributed by atoms with van der Waals surface area (Å²) in [7, 11) is 3.89. The van der Waals surface area contributed by atoms with Gasteiger partial charge in [-0.05, 0) is 49.8 Å². The molecule has 1 saturated heterocycles. The zero-order valence-electron chi connectivity index (χ0n) is 18.3. The third kappa shape index (κ3) is 5.73. The van der Waals surface area contributed by atoms with E-state index in [1.165, 1.54) is 0 Å². The largest absolute Gasteiger partial charge is 0.377 e. The number of nitrogens with zero attached hydrogens (tertiary/aromatic N) is 2. The Morgan fingerprint density at radius 1 is 1.21 bits per heavy atom. The Balaban J connectivity index is 2.20. The lowest BCUT2D eigenvalue weighted by Gasteiger charge is -2.31. The zero-order valence-corrected chi connectivity index (χ0v) is 18.3. The summed E-state index contributed by atoms with van der Waals surface area (Å²) in [6.45, 7) is 8.05. The molecule has 5 heteroatoms. The second kappa shape index (κ2) is 10.5. The molecule has 0 bridgehead atoms. The topological polar surface area (TPSA) is 52.7 Å². The number of rotatable bonds is 8. The van der Waals surface area contributed by atoms with Crippen LogP contribution in [-0.4, -0.2) is 43.9 Å². The molecular weight excluding hydrogens is 350 g/mol. The SMILES string of the molecule is CCCC[C@H](CC)C(=O)Nc1ccc(N(C)C)c(C(=O)N2CCC(C)CC2)c1. The van der Waals surface area contributed by atoms with Gasteiger partial charge in [-0.3, -0.25) is 9.59 Å². The van der Waals surface area contributed by atoms with Crippen LogP contribution in [-0.2, 0) is 4.79 Å². The normalized spacial score (nSPS) is 16.0. The minimum absolute atomic E-state index is 0.0243. The zero-order chi connectivity index (χ0) is 20.7. The van der Waals surface area contributed by atoms with E-state index in [4.69, 9.17) is 0 Å². The molecule has 2 rings (SSSR count). The third-order valence-electron chi connectivity index (χ3n) is 5.82. The molecule has 0 unspecified atom stereocenters. The first-order valence-electron chi connectivity index (χ1n) is 10.8. The lowest BCUT2D eigenvalue weighted by atomic mass is 9.97. The summed E-state index contributed by atoms with van der Waals surface area (Å²) in [5.41, 5.74) is 2.26. The molecule has 0 aliphatic carbocycles. The molecule has 2 amide bonds. The van der Waals surface area contributed by atoms with E-state index in [2.05, 4.69) is 26.1 Å². The number of piperidine rings is 1. The Morgan fingerprint density at radius 2 is 1.89 bits per heavy atom. The van der Waals surface area contributed by atoms with Gasteiger partial charge in [0.2, 0.25) is 5.91 Å². The highest BCUT2D eigenvalue weighted by atomic mass is 16.2. The van der Waals surface area contributed by atoms with Crippen molar-refractivity contribution < 1.29 is 9.59 Å². The van der Waals surface area contributed by atoms with Gasteiger partial charge in [0.05, 0.1) is 5.56 Å². The van der Waals surface area contributed by atoms with Crippen molar-refractivity contribution in [2.24, 2.45) is 11.8 Å². The molecule has 28 heavy (non-hydrogen) atoms. The van der Waals surface area contributed by atoms with Gasteiger partial charge < -0.3 is 15.1 Å². The predicted octanol–water partition coefficient (Wildman–Crippen LogP) is 4.78. The quantitative estimate of drug-likeness (QED) is 0.698. The van der Waals surface area contributed by atoms with Crippen LogP contribution in [0.5, 0.6) is 0 Å². The van der Waals surface area contributed by atoms with Crippen LogP contribution in [0.1, 0.15) is 69.7 Å². The summed E-state index contributed by atoms with van der Waals surface area (Å²) in [5.74, 6) is 0.816. The summed E-state index contributed by atoms with van der Waals surface area (Å²) in [4.78, 5) is 29.8. The van der Waals surface area contributed by atoms with E-state index < -0.39 is 0 Å². The van der Waals surface area contributed by atoms with Crippen molar-refractivity contribution in [2.45, 2.75) is 59.3 Å². The second-order valence-corrected chi connectivity index (χ2v) is 8.34. The summed E-state index contributed by atoms with van der Waals surface area (Å²) in [6.07, 6.45) is 5.99. The smallest absolute Gasteiger partial charge is 0.256 e. The number of amides is 2. The number of nitrogens with one attached hydrogen (secondary N) is 1. The van der Waals surface area contributed by atoms with E-state index in [0.29, 0.717) is 17.2 Å². The van der Waals surface area contributed by atoms with Gasteiger partial charge in [-0.15, -0.1) is 0 Å². The minimum Gasteiger partial charge on any atom is -0.377 e. The fourth-order valence-corrected chi connectivity index (χ4v) is 3.77. The fraction of sp³-hybridized carbons (Fsp3) is 0.652. The molecule has 1 aliphatic rings. The molecule has 1 atom stereocenters. The monoisotopic (exact) mass is 387 g/mol. The van der Waals surface area contributed by atoms with Crippen molar-refractivity contribution in [3.05, 3.63) is 23.8 Å². The van der Waals surface area contributed by atoms with Gasteiger partial charge in [0, 0.05) is 44.5 Å². The van der Waals surface area contributed by atoms with Crippen LogP contribution in [0, 0.1) is 11.8 Å². The lowest BCUT2D eigenvalue weighted by Crippen LogP contribution is -2.38. The molecule has 0 saturated carbocycles. The third-order valence-corrected chi connectivity index (χ3v) is 5.82. The van der Waals surface area contributed by atoms with Crippen LogP contribution in [0.15, 0.2) is 18.2 Å². The van der Waals surface area contributed by atoms with E-state index in [1.54, 1.807) is 0 Å². The highest BCUT2D eigenvalue weighted by Gasteiger charge is 2.25. The van der Waals surface area contributed by atoms with Crippen LogP contribution in [0.3, 0.4) is 0 Å². The van der Waals surface area contributed by atoms with Gasteiger partial charge in [0.25, 0.3) is 5.91 Å². The van der Waals surface area contributed by atoms with Gasteiger partial charge in [0.1, 0.15) is 0 Å². The Kier molecular flexibility index (Phi) is 8.34. The molecule has 1 aliphatic heterocycles. The summed E-state index contributed by atoms with van der Waals surface area (Å²) >= 11 is 0. The highest BCUT2D eigenvalue weighted by molar-refractivity contribution is 6.02. The molecule has 156 valence electrons. The molecule has 1 aromatic rings. The number of hydrogen-bond donors (Lipinski definition) is 1. The molecule has 5 nitrogen and oxygen atoms in total. The number of unbranched alkanes of at least 4 members (excludes halogenated alkanes) is 1. The van der Waals surface area contributed by atoms with Crippen molar-refractivity contribution in [3.8, 4) is 0 Å². The fourth-order valence-electron chi connectivity index (χ4n) is 3.77. The Morgan fingerprint density at radius 3 is 2.46 bits per heavy atom. The maximum absolute atomic E-state index is 13.2. The van der Waals surface area contributed by atoms with Crippen molar-refractivity contribution in [1.29, 1.82) is 0 Å². The van der Waals surface area contributed by atoms with Gasteiger partial charge in [0.15, 0.2) is 0 Å². The van der Waals surface area contributed by atoms with Crippen LogP contribution in [0.2, 0.25) is 0 Å². The highest BCUT2D eigenvalue weighted by Crippen LogP contribution is 2.27. The number of anilines is 2. The molecule has 1 fully saturated rings. The Bertz CT molecular complexity index is 664. The van der Waals surface area contributed by atoms with Gasteiger partial charge in [-0.2, -0.15) is 0 Å². The first kappa shape index (κ1) is 22.3. The number of carbonyl (C=O) groups is 2. The van der Waals surface area contributed by atoms with E-state index in [-0.39, 0.29) is 17.7 Å². The summed E-state index contributed by atoms with van der Waals surface area (Å²) in [5, 5.41) is 3.05. The lowest BCUT2D eigenvalue weighted by molar-refractivity contribution is -0.120. The maximum Gasteiger partial charge on any atom is 0.256 e. The molecule has 1 heterocycles. The number of hydrogen-bond acceptors (Lipinski definition) is 3. The summed E-state index contributed by atoms with van der Waals surface area (Å²) < 4.78 is 0. The van der Waals surface area contributed by atoms with Crippen LogP contribution < -0.4 is 10.2 Å². The molecule has 1 aromatic carbocycles. The standard InChI is InChI=1S/C23H37N3O2/c1-6-8-9-18(7-2)22(27)24-19-10-11-21(25(4)5)20(16-19)23(28)26-14-12-17(3)13-15-26/h10-11,16-18H,6-9,12-15H2,1-5H3,(H,24,27)/t18-/m0/s1. The predicted molar refractivity (Wildman–Crippen MR) is 117 cm³/mol. The molecule has 0 spiro atoms. The number of likely N-dealkylation sites (tertiary alicyclic amines) is 1. The van der Waals surface area contributed by atoms with E-state index in [0.717, 1.165) is 57.3 Å². The molecule has 0 aromatic heterocycles. The van der Waals surface area contributed by atoms with Crippen LogP contribution in [0.4, 0.5) is 11.4 Å². The Hall–Kier alpha value is -2.04. The first-order valence-corrected chi connectivity index (χ1v) is 10.8. The van der Waals surface area contributed by atoms with Crippen molar-refractivity contribution in [3.63, 3.8) is 0 Å². The summed E-state index contributed by atoms with van der Waals surface area (Å²) in [6, 6.07) is 5.68. The van der Waals surface area contributed by atoms with Crippen molar-refractivity contribution in [2.75, 3.05) is 37.4 Å². The molecule has 0 radical (unpaired) electrons. The van der Waals surface area contributed by atoms with Crippen molar-refractivity contribution in [1.82, 2.24) is 4.90 Å². The van der Waals surface area contributed by atoms with Crippen molar-refractivity contribution >= 4 is 23.2 Å². The van der Waals surface area contributed by atoms with E-state index in [1.807, 2.05) is 42.1 Å². The van der Waals surface area contributed by atoms with E-state index in [9.17, 15) is 9.59 Å². The Labute approximate surface area is 170 Å². The van der Waals surface area contributed by atoms with Gasteiger partial charge in [-0.25, -0.2) is 0 Å². The van der Waals surface area contributed by atoms with Crippen LogP contribution in [0.25, 0.3) is 0 Å². The number of benzene rings is 1. The molecular formula is C23H37N3O2. The number of carbonyl (C=O) groups excluding carboxylic acids is 2. The minimum atomic E-state index is 0.0243. The first-order chi connectivity index (χ1) is 13.4. The maximum atomic E-state index is 13.2. The van der Waals surface area contributed by atoms with E-state index >= 15 is 0 Å². The average Bonchev–Trinajstić information content (AvgIpc) is 2.68. The average molecular weight is 388 g/mol.